The Morgan fingerprint density at radius 2 is 2.04 bits per heavy atom. The molecule has 0 aliphatic heterocycles. The molecule has 0 spiro atoms. The Balaban J connectivity index is 2.39. The Morgan fingerprint density at radius 1 is 1.32 bits per heavy atom. The average Bonchev–Trinajstić information content (AvgIpc) is 2.94. The summed E-state index contributed by atoms with van der Waals surface area (Å²) in [6.45, 7) is 3.88. The third-order valence-corrected chi connectivity index (χ3v) is 6.62. The highest BCUT2D eigenvalue weighted by Gasteiger charge is 2.30. The van der Waals surface area contributed by atoms with Crippen molar-refractivity contribution in [3.05, 3.63) is 47.0 Å². The molecule has 0 saturated carbocycles. The van der Waals surface area contributed by atoms with Gasteiger partial charge in [0.05, 0.1) is 4.90 Å². The number of aromatic nitrogens is 3. The lowest BCUT2D eigenvalue weighted by molar-refractivity contribution is 0.589. The first kappa shape index (κ1) is 17.8. The Hall–Kier alpha value is -1.97. The van der Waals surface area contributed by atoms with E-state index in [4.69, 9.17) is 5.73 Å². The van der Waals surface area contributed by atoms with E-state index in [-0.39, 0.29) is 22.0 Å². The molecule has 25 heavy (non-hydrogen) atoms. The van der Waals surface area contributed by atoms with Gasteiger partial charge in [0.2, 0.25) is 9.84 Å². The first-order chi connectivity index (χ1) is 11.8. The summed E-state index contributed by atoms with van der Waals surface area (Å²) in [5, 5.41) is 4.70. The normalized spacial score (nSPS) is 12.0. The summed E-state index contributed by atoms with van der Waals surface area (Å²) in [4.78, 5) is 4.28. The number of aryl methyl sites for hydroxylation is 2. The third kappa shape index (κ3) is 2.82. The van der Waals surface area contributed by atoms with Gasteiger partial charge in [0.25, 0.3) is 0 Å². The second kappa shape index (κ2) is 6.40. The topological polar surface area (TPSA) is 90.3 Å². The Bertz CT molecular complexity index is 1080. The molecule has 0 amide bonds. The number of fused-ring (bicyclic) bond motifs is 1. The van der Waals surface area contributed by atoms with Gasteiger partial charge in [0, 0.05) is 23.5 Å². The molecular formula is C16H17FN4O2S2. The second-order valence-electron chi connectivity index (χ2n) is 5.50. The van der Waals surface area contributed by atoms with E-state index in [2.05, 4.69) is 10.1 Å². The molecule has 0 aliphatic rings. The summed E-state index contributed by atoms with van der Waals surface area (Å²) >= 11 is 1.20. The molecule has 132 valence electrons. The molecule has 0 radical (unpaired) electrons. The molecule has 9 heteroatoms. The van der Waals surface area contributed by atoms with Crippen LogP contribution in [-0.2, 0) is 16.4 Å². The minimum atomic E-state index is -3.98. The lowest BCUT2D eigenvalue weighted by atomic mass is 10.2. The maximum absolute atomic E-state index is 13.5. The van der Waals surface area contributed by atoms with Crippen molar-refractivity contribution in [2.75, 3.05) is 6.26 Å². The molecule has 2 heterocycles. The van der Waals surface area contributed by atoms with Gasteiger partial charge < -0.3 is 5.73 Å². The van der Waals surface area contributed by atoms with Crippen LogP contribution in [0.1, 0.15) is 17.0 Å². The van der Waals surface area contributed by atoms with Gasteiger partial charge in [0.15, 0.2) is 10.5 Å². The fourth-order valence-electron chi connectivity index (χ4n) is 2.74. The zero-order chi connectivity index (χ0) is 18.4. The van der Waals surface area contributed by atoms with Crippen LogP contribution < -0.4 is 5.73 Å². The monoisotopic (exact) mass is 380 g/mol. The number of sulfone groups is 1. The molecule has 2 N–H and O–H groups in total. The quantitative estimate of drug-likeness (QED) is 0.700. The molecule has 0 fully saturated rings. The van der Waals surface area contributed by atoms with Crippen LogP contribution in [0.2, 0.25) is 0 Å². The van der Waals surface area contributed by atoms with Gasteiger partial charge in [0.1, 0.15) is 10.8 Å². The predicted octanol–water partition coefficient (Wildman–Crippen LogP) is 2.50. The van der Waals surface area contributed by atoms with E-state index in [9.17, 15) is 12.8 Å². The highest BCUT2D eigenvalue weighted by Crippen LogP contribution is 2.33. The number of hydrogen-bond acceptors (Lipinski definition) is 6. The average molecular weight is 380 g/mol. The molecule has 3 rings (SSSR count). The largest absolute Gasteiger partial charge is 0.326 e. The maximum Gasteiger partial charge on any atom is 0.213 e. The van der Waals surface area contributed by atoms with Gasteiger partial charge in [-0.25, -0.2) is 22.3 Å². The van der Waals surface area contributed by atoms with Crippen molar-refractivity contribution >= 4 is 27.2 Å². The van der Waals surface area contributed by atoms with E-state index in [1.165, 1.54) is 34.5 Å². The zero-order valence-electron chi connectivity index (χ0n) is 13.9. The van der Waals surface area contributed by atoms with Crippen LogP contribution in [0, 0.1) is 19.7 Å². The fraction of sp³-hybridized carbons (Fsp3) is 0.250. The van der Waals surface area contributed by atoms with Crippen LogP contribution >= 0.6 is 11.8 Å². The number of rotatable bonds is 4. The second-order valence-corrected chi connectivity index (χ2v) is 8.18. The highest BCUT2D eigenvalue weighted by molar-refractivity contribution is 7.99. The first-order valence-corrected chi connectivity index (χ1v) is 10.2. The number of nitrogens with two attached hydrogens (primary N) is 1. The number of halogens is 1. The van der Waals surface area contributed by atoms with Crippen molar-refractivity contribution in [2.24, 2.45) is 5.73 Å². The molecule has 6 nitrogen and oxygen atoms in total. The number of thioether (sulfide) groups is 1. The summed E-state index contributed by atoms with van der Waals surface area (Å²) < 4.78 is 41.3. The summed E-state index contributed by atoms with van der Waals surface area (Å²) in [7, 11) is -3.98. The van der Waals surface area contributed by atoms with Crippen molar-refractivity contribution in [1.29, 1.82) is 0 Å². The van der Waals surface area contributed by atoms with E-state index >= 15 is 0 Å². The van der Waals surface area contributed by atoms with Crippen molar-refractivity contribution < 1.29 is 12.8 Å². The molecule has 1 aromatic carbocycles. The molecule has 0 unspecified atom stereocenters. The van der Waals surface area contributed by atoms with Crippen LogP contribution in [0.4, 0.5) is 4.39 Å². The minimum Gasteiger partial charge on any atom is -0.326 e. The summed E-state index contributed by atoms with van der Waals surface area (Å²) in [6.07, 6.45) is 1.73. The van der Waals surface area contributed by atoms with Crippen LogP contribution in [0.5, 0.6) is 0 Å². The molecule has 2 aromatic heterocycles. The van der Waals surface area contributed by atoms with Crippen molar-refractivity contribution in [3.63, 3.8) is 0 Å². The SMILES string of the molecule is CSc1nn2c(C)c(CN)c(C)nc2c1S(=O)(=O)c1cccc(F)c1. The summed E-state index contributed by atoms with van der Waals surface area (Å²) in [5.41, 5.74) is 8.19. The Kier molecular flexibility index (Phi) is 4.56. The van der Waals surface area contributed by atoms with E-state index in [1.807, 2.05) is 6.92 Å². The molecular weight excluding hydrogens is 363 g/mol. The Labute approximate surface area is 149 Å². The Morgan fingerprint density at radius 3 is 2.64 bits per heavy atom. The zero-order valence-corrected chi connectivity index (χ0v) is 15.6. The van der Waals surface area contributed by atoms with E-state index in [0.29, 0.717) is 10.7 Å². The van der Waals surface area contributed by atoms with Crippen LogP contribution in [0.3, 0.4) is 0 Å². The van der Waals surface area contributed by atoms with E-state index in [1.54, 1.807) is 13.2 Å². The van der Waals surface area contributed by atoms with Gasteiger partial charge in [-0.1, -0.05) is 6.07 Å². The van der Waals surface area contributed by atoms with Gasteiger partial charge in [-0.15, -0.1) is 11.8 Å². The minimum absolute atomic E-state index is 0.0135. The molecule has 0 bridgehead atoms. The lowest BCUT2D eigenvalue weighted by Gasteiger charge is -2.09. The van der Waals surface area contributed by atoms with Crippen LogP contribution in [0.15, 0.2) is 39.1 Å². The number of nitrogens with zero attached hydrogens (tertiary/aromatic N) is 3. The van der Waals surface area contributed by atoms with Gasteiger partial charge in [-0.3, -0.25) is 0 Å². The van der Waals surface area contributed by atoms with Crippen LogP contribution in [0.25, 0.3) is 5.65 Å². The maximum atomic E-state index is 13.5. The lowest BCUT2D eigenvalue weighted by Crippen LogP contribution is -2.10. The smallest absolute Gasteiger partial charge is 0.213 e. The van der Waals surface area contributed by atoms with Crippen molar-refractivity contribution in [3.8, 4) is 0 Å². The van der Waals surface area contributed by atoms with Gasteiger partial charge in [-0.2, -0.15) is 5.10 Å². The third-order valence-electron chi connectivity index (χ3n) is 4.03. The summed E-state index contributed by atoms with van der Waals surface area (Å²) in [6, 6.07) is 4.92. The van der Waals surface area contributed by atoms with Crippen molar-refractivity contribution in [1.82, 2.24) is 14.6 Å². The summed E-state index contributed by atoms with van der Waals surface area (Å²) in [5.74, 6) is -0.617. The fourth-order valence-corrected chi connectivity index (χ4v) is 5.16. The molecule has 0 atom stereocenters. The van der Waals surface area contributed by atoms with Gasteiger partial charge in [-0.05, 0) is 38.3 Å². The van der Waals surface area contributed by atoms with E-state index < -0.39 is 15.7 Å². The standard InChI is InChI=1S/C16H17FN4O2S2/c1-9-13(8-18)10(2)21-15(19-9)14(16(20-21)24-3)25(22,23)12-6-4-5-11(17)7-12/h4-7H,8,18H2,1-3H3. The molecule has 0 saturated heterocycles. The molecule has 0 aliphatic carbocycles. The van der Waals surface area contributed by atoms with Crippen molar-refractivity contribution in [2.45, 2.75) is 35.2 Å². The highest BCUT2D eigenvalue weighted by atomic mass is 32.2. The van der Waals surface area contributed by atoms with Crippen LogP contribution in [-0.4, -0.2) is 29.3 Å². The number of benzene rings is 1. The molecule has 3 aromatic rings. The predicted molar refractivity (Wildman–Crippen MR) is 94.0 cm³/mol. The van der Waals surface area contributed by atoms with E-state index in [0.717, 1.165) is 17.3 Å². The van der Waals surface area contributed by atoms with Gasteiger partial charge >= 0.3 is 0 Å². The first-order valence-electron chi connectivity index (χ1n) is 7.44. The number of hydrogen-bond donors (Lipinski definition) is 1.